The Morgan fingerprint density at radius 1 is 1.14 bits per heavy atom. The fraction of sp³-hybridized carbons (Fsp3) is 0.667. The third-order valence-corrected chi connectivity index (χ3v) is 2.68. The summed E-state index contributed by atoms with van der Waals surface area (Å²) in [5.41, 5.74) is 0. The van der Waals surface area contributed by atoms with Gasteiger partial charge in [0, 0.05) is 12.8 Å². The smallest absolute Gasteiger partial charge is 0.187 e. The molecule has 0 spiro atoms. The Kier molecular flexibility index (Phi) is 5.20. The molecule has 14 heavy (non-hydrogen) atoms. The molecule has 1 atom stereocenters. The number of hydrogen-bond donors (Lipinski definition) is 0. The van der Waals surface area contributed by atoms with E-state index in [2.05, 4.69) is 35.8 Å². The van der Waals surface area contributed by atoms with Crippen LogP contribution in [0, 0.1) is 0 Å². The van der Waals surface area contributed by atoms with Gasteiger partial charge >= 0.3 is 0 Å². The topological polar surface area (TPSA) is 16.8 Å². The maximum absolute atomic E-state index is 4.04. The first-order valence-electron chi connectivity index (χ1n) is 5.69. The van der Waals surface area contributed by atoms with Crippen molar-refractivity contribution >= 4 is 0 Å². The predicted octanol–water partition coefficient (Wildman–Crippen LogP) is 2.90. The van der Waals surface area contributed by atoms with E-state index in [1.165, 1.54) is 32.1 Å². The van der Waals surface area contributed by atoms with E-state index in [0.717, 1.165) is 0 Å². The van der Waals surface area contributed by atoms with Gasteiger partial charge in [-0.05, 0) is 6.42 Å². The summed E-state index contributed by atoms with van der Waals surface area (Å²) in [6.45, 7) is 4.50. The third kappa shape index (κ3) is 3.44. The van der Waals surface area contributed by atoms with Gasteiger partial charge in [0.2, 0.25) is 0 Å². The van der Waals surface area contributed by atoms with Crippen molar-refractivity contribution in [3.63, 3.8) is 0 Å². The lowest BCUT2D eigenvalue weighted by molar-refractivity contribution is -0.724. The van der Waals surface area contributed by atoms with Crippen LogP contribution in [0.1, 0.15) is 52.0 Å². The quantitative estimate of drug-likeness (QED) is 0.501. The summed E-state index contributed by atoms with van der Waals surface area (Å²) in [6.07, 6.45) is 14.4. The molecule has 0 N–H and O–H groups in total. The molecule has 78 valence electrons. The summed E-state index contributed by atoms with van der Waals surface area (Å²) in [5, 5.41) is 0. The molecule has 2 nitrogen and oxygen atoms in total. The molecule has 0 radical (unpaired) electrons. The molecule has 0 fully saturated rings. The van der Waals surface area contributed by atoms with Gasteiger partial charge in [-0.2, -0.15) is 4.57 Å². The molecule has 0 aliphatic rings. The maximum Gasteiger partial charge on any atom is 0.187 e. The number of hydrogen-bond acceptors (Lipinski definition) is 1. The molecule has 1 unspecified atom stereocenters. The first-order chi connectivity index (χ1) is 6.88. The summed E-state index contributed by atoms with van der Waals surface area (Å²) in [4.78, 5) is 4.04. The normalized spacial score (nSPS) is 12.7. The monoisotopic (exact) mass is 193 g/mol. The molecule has 0 saturated heterocycles. The van der Waals surface area contributed by atoms with Gasteiger partial charge in [0.15, 0.2) is 18.4 Å². The molecular formula is C12H21N2+. The highest BCUT2D eigenvalue weighted by Crippen LogP contribution is 2.12. The number of rotatable bonds is 6. The first kappa shape index (κ1) is 11.2. The van der Waals surface area contributed by atoms with Crippen LogP contribution in [0.3, 0.4) is 0 Å². The summed E-state index contributed by atoms with van der Waals surface area (Å²) in [7, 11) is 0. The fourth-order valence-corrected chi connectivity index (χ4v) is 1.77. The molecule has 1 aromatic rings. The Morgan fingerprint density at radius 2 is 1.86 bits per heavy atom. The zero-order valence-electron chi connectivity index (χ0n) is 9.32. The van der Waals surface area contributed by atoms with Crippen molar-refractivity contribution < 1.29 is 4.57 Å². The van der Waals surface area contributed by atoms with E-state index >= 15 is 0 Å². The fourth-order valence-electron chi connectivity index (χ4n) is 1.77. The van der Waals surface area contributed by atoms with Crippen LogP contribution < -0.4 is 4.57 Å². The van der Waals surface area contributed by atoms with E-state index in [-0.39, 0.29) is 0 Å². The van der Waals surface area contributed by atoms with E-state index < -0.39 is 0 Å². The Bertz CT molecular complexity index is 233. The molecule has 0 bridgehead atoms. The minimum absolute atomic E-state index is 0.657. The summed E-state index contributed by atoms with van der Waals surface area (Å²) >= 11 is 0. The molecular weight excluding hydrogens is 172 g/mol. The molecule has 1 rings (SSSR count). The molecule has 2 heteroatoms. The van der Waals surface area contributed by atoms with Gasteiger partial charge < -0.3 is 0 Å². The zero-order valence-corrected chi connectivity index (χ0v) is 9.32. The van der Waals surface area contributed by atoms with Crippen molar-refractivity contribution in [1.29, 1.82) is 0 Å². The van der Waals surface area contributed by atoms with Gasteiger partial charge in [0.05, 0.1) is 12.4 Å². The van der Waals surface area contributed by atoms with Gasteiger partial charge in [-0.3, -0.25) is 4.98 Å². The van der Waals surface area contributed by atoms with E-state index in [4.69, 9.17) is 0 Å². The Hall–Kier alpha value is -0.920. The molecule has 1 heterocycles. The van der Waals surface area contributed by atoms with Gasteiger partial charge in [-0.15, -0.1) is 0 Å². The summed E-state index contributed by atoms with van der Waals surface area (Å²) < 4.78 is 2.28. The number of unbranched alkanes of at least 4 members (excludes halogenated alkanes) is 2. The average Bonchev–Trinajstić information content (AvgIpc) is 2.26. The van der Waals surface area contributed by atoms with Gasteiger partial charge in [-0.1, -0.05) is 26.7 Å². The maximum atomic E-state index is 4.04. The van der Waals surface area contributed by atoms with Crippen LogP contribution in [0.2, 0.25) is 0 Å². The molecule has 0 amide bonds. The highest BCUT2D eigenvalue weighted by atomic mass is 15.0. The third-order valence-electron chi connectivity index (χ3n) is 2.68. The van der Waals surface area contributed by atoms with Crippen molar-refractivity contribution in [2.75, 3.05) is 0 Å². The van der Waals surface area contributed by atoms with Gasteiger partial charge in [0.25, 0.3) is 0 Å². The minimum atomic E-state index is 0.657. The zero-order chi connectivity index (χ0) is 10.2. The second-order valence-corrected chi connectivity index (χ2v) is 3.75. The second-order valence-electron chi connectivity index (χ2n) is 3.75. The molecule has 1 aromatic heterocycles. The molecule has 0 aromatic carbocycles. The SMILES string of the molecule is CCCCCC(CC)[n+]1ccncc1. The standard InChI is InChI=1S/C12H21N2/c1-3-5-6-7-12(4-2)14-10-8-13-9-11-14/h8-12H,3-7H2,1-2H3/q+1. The van der Waals surface area contributed by atoms with Crippen molar-refractivity contribution in [1.82, 2.24) is 4.98 Å². The van der Waals surface area contributed by atoms with E-state index in [9.17, 15) is 0 Å². The van der Waals surface area contributed by atoms with Crippen molar-refractivity contribution in [3.8, 4) is 0 Å². The average molecular weight is 193 g/mol. The van der Waals surface area contributed by atoms with Gasteiger partial charge in [-0.25, -0.2) is 0 Å². The van der Waals surface area contributed by atoms with Crippen molar-refractivity contribution in [2.24, 2.45) is 0 Å². The highest BCUT2D eigenvalue weighted by molar-refractivity contribution is 4.65. The lowest BCUT2D eigenvalue weighted by Crippen LogP contribution is -2.38. The summed E-state index contributed by atoms with van der Waals surface area (Å²) in [5.74, 6) is 0. The number of nitrogens with zero attached hydrogens (tertiary/aromatic N) is 2. The molecule has 0 aliphatic heterocycles. The lowest BCUT2D eigenvalue weighted by Gasteiger charge is -2.08. The van der Waals surface area contributed by atoms with Crippen LogP contribution >= 0.6 is 0 Å². The van der Waals surface area contributed by atoms with Crippen LogP contribution in [0.5, 0.6) is 0 Å². The van der Waals surface area contributed by atoms with Crippen LogP contribution in [0.4, 0.5) is 0 Å². The van der Waals surface area contributed by atoms with E-state index in [1.54, 1.807) is 0 Å². The predicted molar refractivity (Wildman–Crippen MR) is 57.9 cm³/mol. The van der Waals surface area contributed by atoms with Crippen LogP contribution in [-0.4, -0.2) is 4.98 Å². The van der Waals surface area contributed by atoms with Crippen LogP contribution in [0.25, 0.3) is 0 Å². The highest BCUT2D eigenvalue weighted by Gasteiger charge is 2.14. The van der Waals surface area contributed by atoms with E-state index in [1.807, 2.05) is 12.4 Å². The Balaban J connectivity index is 2.46. The van der Waals surface area contributed by atoms with E-state index in [0.29, 0.717) is 6.04 Å². The van der Waals surface area contributed by atoms with Crippen LogP contribution in [-0.2, 0) is 0 Å². The second kappa shape index (κ2) is 6.52. The van der Waals surface area contributed by atoms with Crippen molar-refractivity contribution in [3.05, 3.63) is 24.8 Å². The lowest BCUT2D eigenvalue weighted by atomic mass is 10.1. The molecule has 0 aliphatic carbocycles. The molecule has 0 saturated carbocycles. The Morgan fingerprint density at radius 3 is 2.43 bits per heavy atom. The summed E-state index contributed by atoms with van der Waals surface area (Å²) in [6, 6.07) is 0.657. The van der Waals surface area contributed by atoms with Gasteiger partial charge in [0.1, 0.15) is 0 Å². The first-order valence-corrected chi connectivity index (χ1v) is 5.69. The minimum Gasteiger partial charge on any atom is -0.252 e. The Labute approximate surface area is 87.0 Å². The largest absolute Gasteiger partial charge is 0.252 e. The van der Waals surface area contributed by atoms with Crippen molar-refractivity contribution in [2.45, 2.75) is 52.0 Å². The number of aromatic nitrogens is 2. The van der Waals surface area contributed by atoms with Crippen LogP contribution in [0.15, 0.2) is 24.8 Å².